The van der Waals surface area contributed by atoms with Gasteiger partial charge < -0.3 is 20.1 Å². The molecule has 2 aromatic rings. The molecule has 1 aromatic carbocycles. The van der Waals surface area contributed by atoms with Crippen LogP contribution in [0.2, 0.25) is 0 Å². The number of amides is 2. The number of hydrogen-bond donors (Lipinski definition) is 2. The minimum atomic E-state index is -0.733. The van der Waals surface area contributed by atoms with E-state index >= 15 is 0 Å². The van der Waals surface area contributed by atoms with Gasteiger partial charge in [-0.2, -0.15) is 0 Å². The second kappa shape index (κ2) is 9.74. The van der Waals surface area contributed by atoms with E-state index in [-0.39, 0.29) is 24.8 Å². The number of likely N-dealkylation sites (tertiary alicyclic amines) is 1. The van der Waals surface area contributed by atoms with Crippen molar-refractivity contribution in [3.63, 3.8) is 0 Å². The fourth-order valence-corrected chi connectivity index (χ4v) is 4.95. The molecule has 0 radical (unpaired) electrons. The van der Waals surface area contributed by atoms with Crippen molar-refractivity contribution in [2.45, 2.75) is 77.2 Å². The van der Waals surface area contributed by atoms with Crippen LogP contribution < -0.4 is 10.1 Å². The maximum absolute atomic E-state index is 13.7. The molecular formula is C25H35N5O4. The molecule has 2 amide bonds. The molecule has 2 fully saturated rings. The van der Waals surface area contributed by atoms with Gasteiger partial charge in [0.05, 0.1) is 18.4 Å². The standard InChI is InChI=1S/C25H35N5O4/c1-25(2,3)22(24(33)29-14-17(31)13-21(29)23(32)26-4)30-15-20(27-28-30)16-9-11-19(12-10-16)34-18-7-5-6-8-18/h9-12,15,17-18,21-22,31H,5-8,13-14H2,1-4H3,(H,26,32)/t17?,21-,22?/m1/s1. The molecular weight excluding hydrogens is 434 g/mol. The van der Waals surface area contributed by atoms with E-state index in [4.69, 9.17) is 4.74 Å². The molecule has 4 rings (SSSR count). The van der Waals surface area contributed by atoms with Crippen molar-refractivity contribution >= 4 is 11.8 Å². The zero-order valence-electron chi connectivity index (χ0n) is 20.4. The molecule has 9 nitrogen and oxygen atoms in total. The summed E-state index contributed by atoms with van der Waals surface area (Å²) in [4.78, 5) is 27.5. The van der Waals surface area contributed by atoms with Gasteiger partial charge in [0.2, 0.25) is 11.8 Å². The summed E-state index contributed by atoms with van der Waals surface area (Å²) in [5, 5.41) is 21.4. The highest BCUT2D eigenvalue weighted by Gasteiger charge is 2.45. The summed E-state index contributed by atoms with van der Waals surface area (Å²) in [5.74, 6) is 0.310. The Labute approximate surface area is 200 Å². The second-order valence-corrected chi connectivity index (χ2v) is 10.4. The molecule has 9 heteroatoms. The average Bonchev–Trinajstić information content (AvgIpc) is 3.54. The first kappa shape index (κ1) is 24.2. The van der Waals surface area contributed by atoms with Crippen LogP contribution in [0.5, 0.6) is 5.75 Å². The first-order valence-corrected chi connectivity index (χ1v) is 12.1. The molecule has 1 saturated carbocycles. The van der Waals surface area contributed by atoms with Crippen LogP contribution in [0.15, 0.2) is 30.5 Å². The molecule has 1 saturated heterocycles. The Morgan fingerprint density at radius 2 is 1.85 bits per heavy atom. The van der Waals surface area contributed by atoms with Crippen LogP contribution in [0, 0.1) is 5.41 Å². The van der Waals surface area contributed by atoms with Crippen molar-refractivity contribution in [1.29, 1.82) is 0 Å². The molecule has 2 heterocycles. The van der Waals surface area contributed by atoms with Gasteiger partial charge >= 0.3 is 0 Å². The van der Waals surface area contributed by atoms with E-state index in [1.807, 2.05) is 45.0 Å². The highest BCUT2D eigenvalue weighted by Crippen LogP contribution is 2.35. The Hall–Kier alpha value is -2.94. The van der Waals surface area contributed by atoms with Crippen LogP contribution >= 0.6 is 0 Å². The van der Waals surface area contributed by atoms with Gasteiger partial charge in [0.15, 0.2) is 0 Å². The predicted octanol–water partition coefficient (Wildman–Crippen LogP) is 2.56. The van der Waals surface area contributed by atoms with Crippen LogP contribution in [-0.4, -0.2) is 68.7 Å². The number of likely N-dealkylation sites (N-methyl/N-ethyl adjacent to an activating group) is 1. The maximum Gasteiger partial charge on any atom is 0.248 e. The van der Waals surface area contributed by atoms with Crippen molar-refractivity contribution in [2.24, 2.45) is 5.41 Å². The zero-order chi connectivity index (χ0) is 24.5. The van der Waals surface area contributed by atoms with E-state index in [1.54, 1.807) is 10.9 Å². The monoisotopic (exact) mass is 469 g/mol. The van der Waals surface area contributed by atoms with E-state index in [1.165, 1.54) is 24.8 Å². The van der Waals surface area contributed by atoms with E-state index in [2.05, 4.69) is 15.6 Å². The number of hydrogen-bond acceptors (Lipinski definition) is 6. The summed E-state index contributed by atoms with van der Waals surface area (Å²) in [6.45, 7) is 5.97. The number of nitrogens with one attached hydrogen (secondary N) is 1. The van der Waals surface area contributed by atoms with Gasteiger partial charge in [-0.15, -0.1) is 5.10 Å². The normalized spacial score (nSPS) is 22.1. The number of carbonyl (C=O) groups is 2. The molecule has 2 aliphatic rings. The lowest BCUT2D eigenvalue weighted by Gasteiger charge is -2.34. The summed E-state index contributed by atoms with van der Waals surface area (Å²) in [7, 11) is 1.53. The topological polar surface area (TPSA) is 110 Å². The van der Waals surface area contributed by atoms with Gasteiger partial charge in [-0.3, -0.25) is 9.59 Å². The van der Waals surface area contributed by atoms with Gasteiger partial charge in [0.1, 0.15) is 23.5 Å². The van der Waals surface area contributed by atoms with E-state index in [0.717, 1.165) is 24.2 Å². The van der Waals surface area contributed by atoms with Crippen LogP contribution in [0.1, 0.15) is 58.9 Å². The van der Waals surface area contributed by atoms with Crippen molar-refractivity contribution in [1.82, 2.24) is 25.2 Å². The maximum atomic E-state index is 13.7. The molecule has 34 heavy (non-hydrogen) atoms. The average molecular weight is 470 g/mol. The highest BCUT2D eigenvalue weighted by atomic mass is 16.5. The van der Waals surface area contributed by atoms with Crippen LogP contribution in [0.3, 0.4) is 0 Å². The Kier molecular flexibility index (Phi) is 6.93. The van der Waals surface area contributed by atoms with Crippen LogP contribution in [-0.2, 0) is 9.59 Å². The van der Waals surface area contributed by atoms with Crippen molar-refractivity contribution in [3.8, 4) is 17.0 Å². The smallest absolute Gasteiger partial charge is 0.248 e. The summed E-state index contributed by atoms with van der Waals surface area (Å²) in [6.07, 6.45) is 6.21. The van der Waals surface area contributed by atoms with Gasteiger partial charge in [-0.1, -0.05) is 26.0 Å². The fourth-order valence-electron chi connectivity index (χ4n) is 4.95. The fraction of sp³-hybridized carbons (Fsp3) is 0.600. The number of rotatable bonds is 6. The van der Waals surface area contributed by atoms with Gasteiger partial charge in [-0.05, 0) is 55.4 Å². The minimum absolute atomic E-state index is 0.119. The Morgan fingerprint density at radius 1 is 1.18 bits per heavy atom. The Bertz CT molecular complexity index is 1010. The number of aromatic nitrogens is 3. The summed E-state index contributed by atoms with van der Waals surface area (Å²) in [6, 6.07) is 6.40. The molecule has 1 aromatic heterocycles. The predicted molar refractivity (Wildman–Crippen MR) is 127 cm³/mol. The zero-order valence-corrected chi connectivity index (χ0v) is 20.4. The largest absolute Gasteiger partial charge is 0.490 e. The highest BCUT2D eigenvalue weighted by molar-refractivity contribution is 5.90. The third-order valence-corrected chi connectivity index (χ3v) is 6.70. The molecule has 0 spiro atoms. The molecule has 184 valence electrons. The Morgan fingerprint density at radius 3 is 2.47 bits per heavy atom. The number of ether oxygens (including phenoxy) is 1. The quantitative estimate of drug-likeness (QED) is 0.673. The van der Waals surface area contributed by atoms with E-state index < -0.39 is 23.6 Å². The lowest BCUT2D eigenvalue weighted by Crippen LogP contribution is -2.49. The Balaban J connectivity index is 1.55. The summed E-state index contributed by atoms with van der Waals surface area (Å²) in [5.41, 5.74) is 1.03. The molecule has 3 atom stereocenters. The first-order chi connectivity index (χ1) is 16.2. The van der Waals surface area contributed by atoms with Crippen LogP contribution in [0.25, 0.3) is 11.3 Å². The van der Waals surface area contributed by atoms with Gasteiger partial charge in [-0.25, -0.2) is 4.68 Å². The lowest BCUT2D eigenvalue weighted by atomic mass is 9.85. The first-order valence-electron chi connectivity index (χ1n) is 12.1. The van der Waals surface area contributed by atoms with E-state index in [9.17, 15) is 14.7 Å². The third kappa shape index (κ3) is 5.09. The van der Waals surface area contributed by atoms with Gasteiger partial charge in [0.25, 0.3) is 0 Å². The van der Waals surface area contributed by atoms with Crippen molar-refractivity contribution in [3.05, 3.63) is 30.5 Å². The number of aliphatic hydroxyl groups excluding tert-OH is 1. The van der Waals surface area contributed by atoms with Crippen molar-refractivity contribution < 1.29 is 19.4 Å². The number of benzene rings is 1. The number of β-amino-alcohol motifs (C(OH)–C–C–N with tert-alkyl or cyclic N) is 1. The number of aliphatic hydroxyl groups is 1. The summed E-state index contributed by atoms with van der Waals surface area (Å²) < 4.78 is 7.62. The van der Waals surface area contributed by atoms with Crippen LogP contribution in [0.4, 0.5) is 0 Å². The molecule has 0 bridgehead atoms. The number of carbonyl (C=O) groups excluding carboxylic acids is 2. The summed E-state index contributed by atoms with van der Waals surface area (Å²) >= 11 is 0. The molecule has 1 aliphatic heterocycles. The second-order valence-electron chi connectivity index (χ2n) is 10.4. The third-order valence-electron chi connectivity index (χ3n) is 6.70. The number of nitrogens with zero attached hydrogens (tertiary/aromatic N) is 4. The van der Waals surface area contributed by atoms with Crippen molar-refractivity contribution in [2.75, 3.05) is 13.6 Å². The minimum Gasteiger partial charge on any atom is -0.490 e. The lowest BCUT2D eigenvalue weighted by molar-refractivity contribution is -0.144. The SMILES string of the molecule is CNC(=O)[C@H]1CC(O)CN1C(=O)C(n1cc(-c2ccc(OC3CCCC3)cc2)nn1)C(C)(C)C. The molecule has 1 aliphatic carbocycles. The van der Waals surface area contributed by atoms with E-state index in [0.29, 0.717) is 11.8 Å². The molecule has 2 unspecified atom stereocenters. The molecule has 2 N–H and O–H groups in total. The van der Waals surface area contributed by atoms with Gasteiger partial charge in [0, 0.05) is 25.6 Å².